The minimum Gasteiger partial charge on any atom is -0.144 e. The van der Waals surface area contributed by atoms with E-state index >= 15 is 0 Å². The molecule has 0 aliphatic heterocycles. The fourth-order valence-electron chi connectivity index (χ4n) is 1.20. The van der Waals surface area contributed by atoms with Crippen molar-refractivity contribution >= 4 is 23.1 Å². The van der Waals surface area contributed by atoms with Gasteiger partial charge in [0.05, 0.1) is 0 Å². The van der Waals surface area contributed by atoms with Crippen molar-refractivity contribution in [2.24, 2.45) is 0 Å². The summed E-state index contributed by atoms with van der Waals surface area (Å²) in [7, 11) is 0. The minimum atomic E-state index is 1.31. The first-order valence-electron chi connectivity index (χ1n) is 4.08. The molecule has 1 aromatic carbocycles. The molecule has 2 heteroatoms. The molecule has 0 aliphatic rings. The maximum absolute atomic E-state index is 2.18. The van der Waals surface area contributed by atoms with Gasteiger partial charge in [-0.25, -0.2) is 0 Å². The molecule has 0 bridgehead atoms. The van der Waals surface area contributed by atoms with E-state index in [4.69, 9.17) is 0 Å². The summed E-state index contributed by atoms with van der Waals surface area (Å²) in [5.74, 6) is 0. The van der Waals surface area contributed by atoms with Crippen LogP contribution in [0.4, 0.5) is 0 Å². The Morgan fingerprint density at radius 1 is 1.08 bits per heavy atom. The molecule has 0 N–H and O–H groups in total. The zero-order chi connectivity index (χ0) is 9.10. The predicted molar refractivity (Wildman–Crippen MR) is 61.5 cm³/mol. The van der Waals surface area contributed by atoms with E-state index in [0.717, 1.165) is 0 Å². The summed E-state index contributed by atoms with van der Waals surface area (Å²) in [6.07, 6.45) is 2.10. The van der Waals surface area contributed by atoms with E-state index in [-0.39, 0.29) is 0 Å². The molecule has 66 valence electrons. The largest absolute Gasteiger partial charge is 0.144 e. The third-order valence-electron chi connectivity index (χ3n) is 1.90. The summed E-state index contributed by atoms with van der Waals surface area (Å²) in [5, 5.41) is 2.11. The quantitative estimate of drug-likeness (QED) is 0.665. The predicted octanol–water partition coefficient (Wildman–Crippen LogP) is 4.14. The highest BCUT2D eigenvalue weighted by atomic mass is 32.2. The Morgan fingerprint density at radius 2 is 1.85 bits per heavy atom. The van der Waals surface area contributed by atoms with Crippen LogP contribution in [0.1, 0.15) is 0 Å². The molecule has 0 saturated carbocycles. The Balaban J connectivity index is 2.33. The van der Waals surface area contributed by atoms with E-state index in [1.165, 1.54) is 15.3 Å². The summed E-state index contributed by atoms with van der Waals surface area (Å²) in [6.45, 7) is 0. The number of benzene rings is 1. The summed E-state index contributed by atoms with van der Waals surface area (Å²) >= 11 is 3.56. The van der Waals surface area contributed by atoms with E-state index in [0.29, 0.717) is 0 Å². The minimum absolute atomic E-state index is 1.31. The normalized spacial score (nSPS) is 10.2. The van der Waals surface area contributed by atoms with Gasteiger partial charge in [-0.3, -0.25) is 0 Å². The van der Waals surface area contributed by atoms with Crippen molar-refractivity contribution < 1.29 is 0 Å². The first-order chi connectivity index (χ1) is 6.40. The molecule has 0 amide bonds. The fourth-order valence-corrected chi connectivity index (χ4v) is 2.34. The first kappa shape index (κ1) is 8.85. The summed E-state index contributed by atoms with van der Waals surface area (Å²) in [5.41, 5.74) is 1.31. The highest BCUT2D eigenvalue weighted by Crippen LogP contribution is 2.26. The van der Waals surface area contributed by atoms with Crippen LogP contribution in [0.25, 0.3) is 10.4 Å². The third kappa shape index (κ3) is 1.95. The molecule has 0 spiro atoms. The zero-order valence-corrected chi connectivity index (χ0v) is 8.99. The molecule has 2 rings (SSSR count). The second-order valence-electron chi connectivity index (χ2n) is 2.71. The SMILES string of the molecule is CSc1ccc(-c2cccs2)cc1. The molecule has 0 unspecified atom stereocenters. The van der Waals surface area contributed by atoms with Crippen LogP contribution >= 0.6 is 23.1 Å². The molecular weight excluding hydrogens is 196 g/mol. The van der Waals surface area contributed by atoms with Crippen LogP contribution < -0.4 is 0 Å². The molecule has 0 saturated heterocycles. The van der Waals surface area contributed by atoms with Gasteiger partial charge in [0.25, 0.3) is 0 Å². The third-order valence-corrected chi connectivity index (χ3v) is 3.56. The van der Waals surface area contributed by atoms with Crippen LogP contribution in [0.5, 0.6) is 0 Å². The Kier molecular flexibility index (Phi) is 2.71. The number of hydrogen-bond acceptors (Lipinski definition) is 2. The molecule has 1 heterocycles. The van der Waals surface area contributed by atoms with Crippen LogP contribution in [-0.4, -0.2) is 6.26 Å². The summed E-state index contributed by atoms with van der Waals surface area (Å²) in [4.78, 5) is 2.66. The van der Waals surface area contributed by atoms with E-state index in [1.54, 1.807) is 23.1 Å². The van der Waals surface area contributed by atoms with Crippen LogP contribution in [0.15, 0.2) is 46.7 Å². The molecule has 0 atom stereocenters. The Morgan fingerprint density at radius 3 is 2.38 bits per heavy atom. The number of rotatable bonds is 2. The van der Waals surface area contributed by atoms with Crippen LogP contribution in [0, 0.1) is 0 Å². The van der Waals surface area contributed by atoms with Gasteiger partial charge in [0.1, 0.15) is 0 Å². The molecule has 0 aliphatic carbocycles. The van der Waals surface area contributed by atoms with Crippen LogP contribution in [0.3, 0.4) is 0 Å². The summed E-state index contributed by atoms with van der Waals surface area (Å²) in [6, 6.07) is 12.9. The van der Waals surface area contributed by atoms with E-state index in [1.807, 2.05) is 0 Å². The van der Waals surface area contributed by atoms with Gasteiger partial charge in [0.15, 0.2) is 0 Å². The van der Waals surface area contributed by atoms with Crippen LogP contribution in [0.2, 0.25) is 0 Å². The number of thioether (sulfide) groups is 1. The van der Waals surface area contributed by atoms with Gasteiger partial charge in [-0.05, 0) is 35.4 Å². The topological polar surface area (TPSA) is 0 Å². The fraction of sp³-hybridized carbons (Fsp3) is 0.0909. The van der Waals surface area contributed by atoms with Gasteiger partial charge in [-0.2, -0.15) is 0 Å². The maximum atomic E-state index is 2.18. The average molecular weight is 206 g/mol. The smallest absolute Gasteiger partial charge is 0.0342 e. The van der Waals surface area contributed by atoms with Crippen LogP contribution in [-0.2, 0) is 0 Å². The number of thiophene rings is 1. The lowest BCUT2D eigenvalue weighted by Gasteiger charge is -1.98. The second-order valence-corrected chi connectivity index (χ2v) is 4.53. The lowest BCUT2D eigenvalue weighted by molar-refractivity contribution is 1.47. The Hall–Kier alpha value is -0.730. The van der Waals surface area contributed by atoms with Gasteiger partial charge < -0.3 is 0 Å². The summed E-state index contributed by atoms with van der Waals surface area (Å²) < 4.78 is 0. The molecule has 13 heavy (non-hydrogen) atoms. The molecule has 2 aromatic rings. The standard InChI is InChI=1S/C11H10S2/c1-12-10-6-4-9(5-7-10)11-3-2-8-13-11/h2-8H,1H3. The monoisotopic (exact) mass is 206 g/mol. The van der Waals surface area contributed by atoms with Crippen molar-refractivity contribution in [3.05, 3.63) is 41.8 Å². The van der Waals surface area contributed by atoms with Crippen molar-refractivity contribution in [3.8, 4) is 10.4 Å². The average Bonchev–Trinajstić information content (AvgIpc) is 2.71. The van der Waals surface area contributed by atoms with Gasteiger partial charge in [0, 0.05) is 9.77 Å². The van der Waals surface area contributed by atoms with Gasteiger partial charge in [-0.15, -0.1) is 23.1 Å². The van der Waals surface area contributed by atoms with Gasteiger partial charge >= 0.3 is 0 Å². The number of hydrogen-bond donors (Lipinski definition) is 0. The van der Waals surface area contributed by atoms with E-state index in [2.05, 4.69) is 48.0 Å². The van der Waals surface area contributed by atoms with E-state index < -0.39 is 0 Å². The van der Waals surface area contributed by atoms with Crippen molar-refractivity contribution in [1.29, 1.82) is 0 Å². The highest BCUT2D eigenvalue weighted by Gasteiger charge is 1.97. The first-order valence-corrected chi connectivity index (χ1v) is 6.18. The highest BCUT2D eigenvalue weighted by molar-refractivity contribution is 7.98. The van der Waals surface area contributed by atoms with Crippen molar-refractivity contribution in [2.75, 3.05) is 6.26 Å². The lowest BCUT2D eigenvalue weighted by atomic mass is 10.2. The Bertz CT molecular complexity index is 359. The molecule has 1 aromatic heterocycles. The maximum Gasteiger partial charge on any atom is 0.0342 e. The molecule has 0 fully saturated rings. The zero-order valence-electron chi connectivity index (χ0n) is 7.36. The van der Waals surface area contributed by atoms with E-state index in [9.17, 15) is 0 Å². The van der Waals surface area contributed by atoms with Crippen molar-refractivity contribution in [1.82, 2.24) is 0 Å². The Labute approximate surface area is 86.6 Å². The van der Waals surface area contributed by atoms with Gasteiger partial charge in [0.2, 0.25) is 0 Å². The lowest BCUT2D eigenvalue weighted by Crippen LogP contribution is -1.72. The molecule has 0 nitrogen and oxygen atoms in total. The van der Waals surface area contributed by atoms with Crippen molar-refractivity contribution in [2.45, 2.75) is 4.90 Å². The second kappa shape index (κ2) is 3.99. The van der Waals surface area contributed by atoms with Crippen molar-refractivity contribution in [3.63, 3.8) is 0 Å². The molecule has 0 radical (unpaired) electrons. The van der Waals surface area contributed by atoms with Gasteiger partial charge in [-0.1, -0.05) is 18.2 Å². The molecular formula is C11H10S2.